The topological polar surface area (TPSA) is 72.3 Å². The highest BCUT2D eigenvalue weighted by Crippen LogP contribution is 2.17. The summed E-state index contributed by atoms with van der Waals surface area (Å²) in [6.07, 6.45) is -3.59. The van der Waals surface area contributed by atoms with Gasteiger partial charge in [0.2, 0.25) is 11.7 Å². The quantitative estimate of drug-likeness (QED) is 0.861. The summed E-state index contributed by atoms with van der Waals surface area (Å²) in [5.41, 5.74) is 0. The Morgan fingerprint density at radius 2 is 2.25 bits per heavy atom. The normalized spacial score (nSPS) is 13.2. The predicted octanol–water partition coefficient (Wildman–Crippen LogP) is 1.50. The highest BCUT2D eigenvalue weighted by Gasteiger charge is 2.21. The molecule has 1 atom stereocenters. The molecule has 0 fully saturated rings. The molecular weight excluding hydrogens is 222 g/mol. The minimum absolute atomic E-state index is 0.0563. The number of aliphatic hydroxyl groups is 1. The summed E-state index contributed by atoms with van der Waals surface area (Å²) in [4.78, 5) is 3.81. The van der Waals surface area contributed by atoms with Gasteiger partial charge < -0.3 is 14.0 Å². The average Bonchev–Trinajstić information content (AvgIpc) is 2.85. The smallest absolute Gasteiger partial charge is 0.264 e. The lowest BCUT2D eigenvalue weighted by Crippen LogP contribution is -2.20. The molecule has 0 saturated carbocycles. The molecule has 16 heavy (non-hydrogen) atoms. The Hall–Kier alpha value is -1.76. The maximum absolute atomic E-state index is 12.0. The molecule has 0 saturated heterocycles. The molecule has 2 aromatic rings. The molecule has 0 radical (unpaired) electrons. The van der Waals surface area contributed by atoms with Crippen molar-refractivity contribution in [3.63, 3.8) is 0 Å². The van der Waals surface area contributed by atoms with Gasteiger partial charge in [0.15, 0.2) is 5.76 Å². The minimum Gasteiger partial charge on any atom is -0.461 e. The van der Waals surface area contributed by atoms with E-state index in [9.17, 15) is 8.78 Å². The van der Waals surface area contributed by atoms with Crippen LogP contribution >= 0.6 is 0 Å². The lowest BCUT2D eigenvalue weighted by molar-refractivity contribution is -0.00754. The summed E-state index contributed by atoms with van der Waals surface area (Å²) in [6.45, 7) is 0. The number of hydrogen-bond acceptors (Lipinski definition) is 5. The van der Waals surface area contributed by atoms with Crippen molar-refractivity contribution in [3.8, 4) is 11.6 Å². The number of alkyl halides is 2. The number of aromatic nitrogens is 2. The van der Waals surface area contributed by atoms with Crippen molar-refractivity contribution >= 4 is 0 Å². The summed E-state index contributed by atoms with van der Waals surface area (Å²) in [6, 6.07) is 3.25. The van der Waals surface area contributed by atoms with E-state index in [0.717, 1.165) is 0 Å². The first-order chi connectivity index (χ1) is 7.66. The second-order valence-electron chi connectivity index (χ2n) is 3.09. The first-order valence-corrected chi connectivity index (χ1v) is 4.49. The Labute approximate surface area is 88.7 Å². The Kier molecular flexibility index (Phi) is 2.95. The van der Waals surface area contributed by atoms with E-state index in [1.54, 1.807) is 12.1 Å². The molecule has 5 nitrogen and oxygen atoms in total. The largest absolute Gasteiger partial charge is 0.461 e. The number of rotatable bonds is 4. The Morgan fingerprint density at radius 1 is 1.44 bits per heavy atom. The lowest BCUT2D eigenvalue weighted by Gasteiger charge is -2.04. The van der Waals surface area contributed by atoms with Gasteiger partial charge >= 0.3 is 0 Å². The van der Waals surface area contributed by atoms with Crippen LogP contribution in [0.15, 0.2) is 27.3 Å². The third-order valence-electron chi connectivity index (χ3n) is 1.88. The summed E-state index contributed by atoms with van der Waals surface area (Å²) in [5.74, 6) is 0.488. The van der Waals surface area contributed by atoms with Gasteiger partial charge in [-0.1, -0.05) is 5.16 Å². The van der Waals surface area contributed by atoms with Gasteiger partial charge in [-0.2, -0.15) is 4.98 Å². The summed E-state index contributed by atoms with van der Waals surface area (Å²) < 4.78 is 33.8. The number of aliphatic hydroxyl groups excluding tert-OH is 1. The zero-order chi connectivity index (χ0) is 11.5. The van der Waals surface area contributed by atoms with Gasteiger partial charge in [-0.15, -0.1) is 0 Å². The van der Waals surface area contributed by atoms with E-state index >= 15 is 0 Å². The summed E-state index contributed by atoms with van der Waals surface area (Å²) in [5, 5.41) is 12.5. The van der Waals surface area contributed by atoms with Crippen LogP contribution in [0.1, 0.15) is 5.89 Å². The van der Waals surface area contributed by atoms with Gasteiger partial charge in [-0.25, -0.2) is 8.78 Å². The minimum atomic E-state index is -2.83. The van der Waals surface area contributed by atoms with Crippen molar-refractivity contribution in [1.82, 2.24) is 10.1 Å². The van der Waals surface area contributed by atoms with Crippen molar-refractivity contribution in [2.24, 2.45) is 0 Å². The fourth-order valence-corrected chi connectivity index (χ4v) is 1.11. The molecule has 2 rings (SSSR count). The highest BCUT2D eigenvalue weighted by molar-refractivity contribution is 5.44. The second-order valence-corrected chi connectivity index (χ2v) is 3.09. The molecule has 1 unspecified atom stereocenters. The number of halogens is 2. The standard InChI is InChI=1S/C9H8F2N2O3/c10-8(11)5(14)4-7-12-9(13-16-7)6-2-1-3-15-6/h1-3,5,8,14H,4H2. The van der Waals surface area contributed by atoms with Crippen molar-refractivity contribution in [1.29, 1.82) is 0 Å². The van der Waals surface area contributed by atoms with E-state index in [1.165, 1.54) is 6.26 Å². The molecule has 0 aromatic carbocycles. The molecule has 2 aromatic heterocycles. The van der Waals surface area contributed by atoms with Gasteiger partial charge in [0.25, 0.3) is 6.43 Å². The number of nitrogens with zero attached hydrogens (tertiary/aromatic N) is 2. The Bertz CT molecular complexity index is 441. The first-order valence-electron chi connectivity index (χ1n) is 4.49. The second kappa shape index (κ2) is 4.40. The van der Waals surface area contributed by atoms with Gasteiger partial charge in [-0.3, -0.25) is 0 Å². The molecule has 0 aliphatic carbocycles. The van der Waals surface area contributed by atoms with Gasteiger partial charge in [0, 0.05) is 0 Å². The van der Waals surface area contributed by atoms with Crippen molar-refractivity contribution < 1.29 is 22.8 Å². The molecule has 86 valence electrons. The van der Waals surface area contributed by atoms with Crippen molar-refractivity contribution in [3.05, 3.63) is 24.3 Å². The third kappa shape index (κ3) is 2.25. The maximum Gasteiger partial charge on any atom is 0.264 e. The van der Waals surface area contributed by atoms with Crippen LogP contribution in [0.25, 0.3) is 11.6 Å². The van der Waals surface area contributed by atoms with E-state index in [-0.39, 0.29) is 18.1 Å². The van der Waals surface area contributed by atoms with E-state index in [2.05, 4.69) is 10.1 Å². The van der Waals surface area contributed by atoms with Gasteiger partial charge in [0.05, 0.1) is 12.7 Å². The van der Waals surface area contributed by atoms with Gasteiger partial charge in [0.1, 0.15) is 6.10 Å². The lowest BCUT2D eigenvalue weighted by atomic mass is 10.2. The zero-order valence-corrected chi connectivity index (χ0v) is 8.01. The fraction of sp³-hybridized carbons (Fsp3) is 0.333. The van der Waals surface area contributed by atoms with E-state index < -0.39 is 12.5 Å². The molecule has 0 aliphatic rings. The Morgan fingerprint density at radius 3 is 2.88 bits per heavy atom. The molecule has 0 aliphatic heterocycles. The van der Waals surface area contributed by atoms with Gasteiger partial charge in [-0.05, 0) is 12.1 Å². The van der Waals surface area contributed by atoms with Crippen LogP contribution in [-0.4, -0.2) is 27.8 Å². The van der Waals surface area contributed by atoms with Crippen LogP contribution < -0.4 is 0 Å². The number of hydrogen-bond donors (Lipinski definition) is 1. The number of furan rings is 1. The molecule has 7 heteroatoms. The average molecular weight is 230 g/mol. The van der Waals surface area contributed by atoms with Crippen LogP contribution in [0.2, 0.25) is 0 Å². The van der Waals surface area contributed by atoms with Crippen molar-refractivity contribution in [2.45, 2.75) is 19.0 Å². The summed E-state index contributed by atoms with van der Waals surface area (Å²) in [7, 11) is 0. The molecule has 0 spiro atoms. The first kappa shape index (κ1) is 10.7. The molecule has 1 N–H and O–H groups in total. The van der Waals surface area contributed by atoms with Crippen molar-refractivity contribution in [2.75, 3.05) is 0 Å². The maximum atomic E-state index is 12.0. The Balaban J connectivity index is 2.08. The van der Waals surface area contributed by atoms with E-state index in [1.807, 2.05) is 0 Å². The van der Waals surface area contributed by atoms with Crippen LogP contribution in [-0.2, 0) is 6.42 Å². The fourth-order valence-electron chi connectivity index (χ4n) is 1.11. The van der Waals surface area contributed by atoms with E-state index in [0.29, 0.717) is 5.76 Å². The van der Waals surface area contributed by atoms with Crippen LogP contribution in [0.5, 0.6) is 0 Å². The predicted molar refractivity (Wildman–Crippen MR) is 47.7 cm³/mol. The van der Waals surface area contributed by atoms with Crippen LogP contribution in [0.4, 0.5) is 8.78 Å². The highest BCUT2D eigenvalue weighted by atomic mass is 19.3. The van der Waals surface area contributed by atoms with E-state index in [4.69, 9.17) is 14.0 Å². The van der Waals surface area contributed by atoms with Crippen LogP contribution in [0, 0.1) is 0 Å². The zero-order valence-electron chi connectivity index (χ0n) is 8.01. The third-order valence-corrected chi connectivity index (χ3v) is 1.88. The molecule has 0 amide bonds. The monoisotopic (exact) mass is 230 g/mol. The van der Waals surface area contributed by atoms with Crippen LogP contribution in [0.3, 0.4) is 0 Å². The molecular formula is C9H8F2N2O3. The molecule has 2 heterocycles. The molecule has 0 bridgehead atoms. The summed E-state index contributed by atoms with van der Waals surface area (Å²) >= 11 is 0. The SMILES string of the molecule is OC(Cc1nc(-c2ccco2)no1)C(F)F.